The van der Waals surface area contributed by atoms with Crippen LogP contribution < -0.4 is 10.9 Å². The summed E-state index contributed by atoms with van der Waals surface area (Å²) in [6.45, 7) is 7.61. The number of hydrogen-bond donors (Lipinski definition) is 1. The zero-order valence-corrected chi connectivity index (χ0v) is 22.5. The van der Waals surface area contributed by atoms with Gasteiger partial charge in [-0.2, -0.15) is 13.2 Å². The highest BCUT2D eigenvalue weighted by Gasteiger charge is 2.33. The Balaban J connectivity index is 2.01. The molecule has 0 saturated heterocycles. The van der Waals surface area contributed by atoms with E-state index in [0.717, 1.165) is 39.1 Å². The van der Waals surface area contributed by atoms with E-state index in [1.165, 1.54) is 13.3 Å². The van der Waals surface area contributed by atoms with Gasteiger partial charge >= 0.3 is 12.1 Å². The molecule has 2 heterocycles. The smallest absolute Gasteiger partial charge is 0.416 e. The number of amides is 1. The maximum atomic E-state index is 13.6. The van der Waals surface area contributed by atoms with Crippen molar-refractivity contribution in [1.82, 2.24) is 14.9 Å². The normalized spacial score (nSPS) is 13.2. The summed E-state index contributed by atoms with van der Waals surface area (Å²) < 4.78 is 45.2. The molecule has 3 rings (SSSR count). The van der Waals surface area contributed by atoms with E-state index in [4.69, 9.17) is 4.74 Å². The van der Waals surface area contributed by atoms with E-state index in [1.54, 1.807) is 6.20 Å². The minimum atomic E-state index is -4.69. The number of hydrogen-bond acceptors (Lipinski definition) is 5. The zero-order chi connectivity index (χ0) is 28.9. The van der Waals surface area contributed by atoms with Crippen LogP contribution in [0.5, 0.6) is 0 Å². The van der Waals surface area contributed by atoms with Crippen molar-refractivity contribution in [3.8, 4) is 11.1 Å². The van der Waals surface area contributed by atoms with Gasteiger partial charge in [0, 0.05) is 30.2 Å². The van der Waals surface area contributed by atoms with Crippen LogP contribution in [0.4, 0.5) is 13.2 Å². The van der Waals surface area contributed by atoms with Gasteiger partial charge in [0.05, 0.1) is 25.1 Å². The van der Waals surface area contributed by atoms with E-state index in [0.29, 0.717) is 11.6 Å². The number of aromatic nitrogens is 2. The molecule has 0 spiro atoms. The van der Waals surface area contributed by atoms with Gasteiger partial charge in [-0.15, -0.1) is 0 Å². The first kappa shape index (κ1) is 29.6. The Morgan fingerprint density at radius 1 is 1.08 bits per heavy atom. The molecule has 208 valence electrons. The molecule has 10 heteroatoms. The largest absolute Gasteiger partial charge is 0.469 e. The first-order chi connectivity index (χ1) is 18.3. The lowest BCUT2D eigenvalue weighted by atomic mass is 9.94. The molecule has 1 N–H and O–H groups in total. The SMILES string of the molecule is COC(=O)C[C@H](NC(=O)C(CC(C)C)n1ccc(C(F)(F)F)cc1=O)c1cncc(-c2c(C)cccc2C)c1. The summed E-state index contributed by atoms with van der Waals surface area (Å²) in [5.41, 5.74) is 2.33. The molecule has 0 saturated carbocycles. The average Bonchev–Trinajstić information content (AvgIpc) is 2.86. The van der Waals surface area contributed by atoms with Crippen LogP contribution >= 0.6 is 0 Å². The zero-order valence-electron chi connectivity index (χ0n) is 22.5. The van der Waals surface area contributed by atoms with E-state index >= 15 is 0 Å². The predicted octanol–water partition coefficient (Wildman–Crippen LogP) is 5.55. The first-order valence-corrected chi connectivity index (χ1v) is 12.5. The maximum Gasteiger partial charge on any atom is 0.416 e. The lowest BCUT2D eigenvalue weighted by Gasteiger charge is -2.25. The van der Waals surface area contributed by atoms with Gasteiger partial charge in [-0.25, -0.2) is 0 Å². The minimum Gasteiger partial charge on any atom is -0.469 e. The molecular formula is C29H32F3N3O4. The van der Waals surface area contributed by atoms with Gasteiger partial charge in [-0.05, 0) is 60.6 Å². The second-order valence-corrected chi connectivity index (χ2v) is 9.92. The first-order valence-electron chi connectivity index (χ1n) is 12.5. The number of halogens is 3. The van der Waals surface area contributed by atoms with Gasteiger partial charge in [-0.1, -0.05) is 32.0 Å². The van der Waals surface area contributed by atoms with Crippen molar-refractivity contribution in [3.63, 3.8) is 0 Å². The topological polar surface area (TPSA) is 90.3 Å². The Hall–Kier alpha value is -3.95. The van der Waals surface area contributed by atoms with Gasteiger partial charge in [0.25, 0.3) is 5.56 Å². The summed E-state index contributed by atoms with van der Waals surface area (Å²) in [5, 5.41) is 2.82. The third-order valence-corrected chi connectivity index (χ3v) is 6.46. The van der Waals surface area contributed by atoms with Crippen molar-refractivity contribution in [2.75, 3.05) is 7.11 Å². The quantitative estimate of drug-likeness (QED) is 0.357. The van der Waals surface area contributed by atoms with E-state index < -0.39 is 41.3 Å². The molecule has 0 radical (unpaired) electrons. The minimum absolute atomic E-state index is 0.0666. The number of alkyl halides is 3. The lowest BCUT2D eigenvalue weighted by molar-refractivity contribution is -0.141. The van der Waals surface area contributed by atoms with Gasteiger partial charge in [-0.3, -0.25) is 19.4 Å². The summed E-state index contributed by atoms with van der Waals surface area (Å²) in [7, 11) is 1.23. The number of rotatable bonds is 9. The number of nitrogens with one attached hydrogen (secondary N) is 1. The number of esters is 1. The number of nitrogens with zero attached hydrogens (tertiary/aromatic N) is 2. The summed E-state index contributed by atoms with van der Waals surface area (Å²) in [5.74, 6) is -1.26. The molecule has 3 aromatic rings. The van der Waals surface area contributed by atoms with E-state index in [-0.39, 0.29) is 18.8 Å². The molecule has 0 aliphatic carbocycles. The molecule has 0 aliphatic rings. The van der Waals surface area contributed by atoms with Crippen molar-refractivity contribution >= 4 is 11.9 Å². The van der Waals surface area contributed by atoms with Crippen molar-refractivity contribution in [3.05, 3.63) is 87.6 Å². The molecule has 0 bridgehead atoms. The molecule has 0 fully saturated rings. The number of benzene rings is 1. The number of methoxy groups -OCH3 is 1. The van der Waals surface area contributed by atoms with Gasteiger partial charge < -0.3 is 14.6 Å². The molecular weight excluding hydrogens is 511 g/mol. The highest BCUT2D eigenvalue weighted by Crippen LogP contribution is 2.31. The van der Waals surface area contributed by atoms with Crippen LogP contribution in [-0.2, 0) is 20.5 Å². The fourth-order valence-corrected chi connectivity index (χ4v) is 4.54. The highest BCUT2D eigenvalue weighted by atomic mass is 19.4. The maximum absolute atomic E-state index is 13.6. The van der Waals surface area contributed by atoms with E-state index in [2.05, 4.69) is 10.3 Å². The van der Waals surface area contributed by atoms with Crippen molar-refractivity contribution in [2.45, 2.75) is 58.8 Å². The monoisotopic (exact) mass is 543 g/mol. The fourth-order valence-electron chi connectivity index (χ4n) is 4.54. The molecule has 1 aromatic carbocycles. The second kappa shape index (κ2) is 12.3. The van der Waals surface area contributed by atoms with Crippen molar-refractivity contribution in [2.24, 2.45) is 5.92 Å². The molecule has 1 unspecified atom stereocenters. The predicted molar refractivity (Wildman–Crippen MR) is 141 cm³/mol. The van der Waals surface area contributed by atoms with Crippen LogP contribution in [-0.4, -0.2) is 28.5 Å². The Morgan fingerprint density at radius 3 is 2.31 bits per heavy atom. The Morgan fingerprint density at radius 2 is 1.74 bits per heavy atom. The third-order valence-electron chi connectivity index (χ3n) is 6.46. The number of carbonyl (C=O) groups excluding carboxylic acids is 2. The summed E-state index contributed by atoms with van der Waals surface area (Å²) >= 11 is 0. The van der Waals surface area contributed by atoms with Crippen LogP contribution in [0.1, 0.15) is 61.0 Å². The fraction of sp³-hybridized carbons (Fsp3) is 0.379. The van der Waals surface area contributed by atoms with Crippen LogP contribution in [0.2, 0.25) is 0 Å². The Bertz CT molecular complexity index is 1380. The van der Waals surface area contributed by atoms with Crippen LogP contribution in [0, 0.1) is 19.8 Å². The third kappa shape index (κ3) is 7.34. The average molecular weight is 544 g/mol. The van der Waals surface area contributed by atoms with Gasteiger partial charge in [0.1, 0.15) is 6.04 Å². The standard InChI is InChI=1S/C29H32F3N3O4/c1-17(2)11-24(35-10-9-22(13-25(35)36)29(30,31)32)28(38)34-23(14-26(37)39-5)20-12-21(16-33-15-20)27-18(3)7-6-8-19(27)4/h6-10,12-13,15-17,23-24H,11,14H2,1-5H3,(H,34,38)/t23-,24?/m0/s1. The summed E-state index contributed by atoms with van der Waals surface area (Å²) in [4.78, 5) is 42.8. The van der Waals surface area contributed by atoms with Crippen LogP contribution in [0.25, 0.3) is 11.1 Å². The molecule has 2 atom stereocenters. The van der Waals surface area contributed by atoms with Crippen LogP contribution in [0.15, 0.2) is 59.8 Å². The van der Waals surface area contributed by atoms with Crippen LogP contribution in [0.3, 0.4) is 0 Å². The highest BCUT2D eigenvalue weighted by molar-refractivity contribution is 5.82. The molecule has 0 aliphatic heterocycles. The summed E-state index contributed by atoms with van der Waals surface area (Å²) in [6, 6.07) is 7.01. The number of pyridine rings is 2. The van der Waals surface area contributed by atoms with Crippen molar-refractivity contribution < 1.29 is 27.5 Å². The van der Waals surface area contributed by atoms with Crippen molar-refractivity contribution in [1.29, 1.82) is 0 Å². The molecule has 7 nitrogen and oxygen atoms in total. The number of ether oxygens (including phenoxy) is 1. The van der Waals surface area contributed by atoms with Gasteiger partial charge in [0.2, 0.25) is 5.91 Å². The Labute approximate surface area is 225 Å². The van der Waals surface area contributed by atoms with E-state index in [1.807, 2.05) is 52.0 Å². The molecule has 2 aromatic heterocycles. The van der Waals surface area contributed by atoms with E-state index in [9.17, 15) is 27.6 Å². The lowest BCUT2D eigenvalue weighted by Crippen LogP contribution is -2.40. The van der Waals surface area contributed by atoms with Gasteiger partial charge in [0.15, 0.2) is 0 Å². The molecule has 1 amide bonds. The number of carbonyl (C=O) groups is 2. The molecule has 39 heavy (non-hydrogen) atoms. The second-order valence-electron chi connectivity index (χ2n) is 9.92. The summed E-state index contributed by atoms with van der Waals surface area (Å²) in [6.07, 6.45) is -0.505. The number of aryl methyl sites for hydroxylation is 2. The Kier molecular flexibility index (Phi) is 9.32.